The molecule has 1 aliphatic rings. The van der Waals surface area contributed by atoms with Crippen molar-refractivity contribution in [2.45, 2.75) is 19.9 Å². The van der Waals surface area contributed by atoms with E-state index in [4.69, 9.17) is 0 Å². The van der Waals surface area contributed by atoms with Gasteiger partial charge in [0.2, 0.25) is 0 Å². The Labute approximate surface area is 133 Å². The number of benzene rings is 2. The molecule has 1 atom stereocenters. The molecule has 0 fully saturated rings. The van der Waals surface area contributed by atoms with Crippen LogP contribution in [0.3, 0.4) is 0 Å². The van der Waals surface area contributed by atoms with Crippen molar-refractivity contribution in [3.63, 3.8) is 0 Å². The highest BCUT2D eigenvalue weighted by Gasteiger charge is 2.26. The van der Waals surface area contributed by atoms with E-state index in [1.165, 1.54) is 6.07 Å². The number of nitrogens with zero attached hydrogens (tertiary/aromatic N) is 1. The average Bonchev–Trinajstić information content (AvgIpc) is 2.91. The second kappa shape index (κ2) is 4.95. The minimum Gasteiger partial charge on any atom is -0.349 e. The van der Waals surface area contributed by atoms with Crippen LogP contribution >= 0.6 is 0 Å². The first-order chi connectivity index (χ1) is 11.0. The largest absolute Gasteiger partial charge is 0.349 e. The Morgan fingerprint density at radius 3 is 2.65 bits per heavy atom. The molecule has 1 aliphatic heterocycles. The van der Waals surface area contributed by atoms with Gasteiger partial charge < -0.3 is 9.88 Å². The summed E-state index contributed by atoms with van der Waals surface area (Å²) in [6.45, 7) is 4.67. The van der Waals surface area contributed by atoms with E-state index in [1.54, 1.807) is 12.1 Å². The van der Waals surface area contributed by atoms with Crippen molar-refractivity contribution < 1.29 is 9.18 Å². The lowest BCUT2D eigenvalue weighted by atomic mass is 10.0. The predicted octanol–water partition coefficient (Wildman–Crippen LogP) is 4.06. The highest BCUT2D eigenvalue weighted by molar-refractivity contribution is 6.04. The quantitative estimate of drug-likeness (QED) is 0.722. The summed E-state index contributed by atoms with van der Waals surface area (Å²) in [6.07, 6.45) is 0. The lowest BCUT2D eigenvalue weighted by Gasteiger charge is -2.25. The van der Waals surface area contributed by atoms with Crippen LogP contribution in [0.2, 0.25) is 0 Å². The van der Waals surface area contributed by atoms with Crippen molar-refractivity contribution in [2.75, 3.05) is 6.54 Å². The third kappa shape index (κ3) is 2.13. The number of amides is 1. The summed E-state index contributed by atoms with van der Waals surface area (Å²) in [5, 5.41) is 3.64. The molecule has 0 saturated carbocycles. The molecule has 116 valence electrons. The Morgan fingerprint density at radius 1 is 1.17 bits per heavy atom. The Balaban J connectivity index is 2.08. The molecule has 4 rings (SSSR count). The van der Waals surface area contributed by atoms with Gasteiger partial charge in [0, 0.05) is 23.5 Å². The molecule has 0 bridgehead atoms. The maximum Gasteiger partial charge on any atom is 0.268 e. The summed E-state index contributed by atoms with van der Waals surface area (Å²) in [7, 11) is 0. The fourth-order valence-corrected chi connectivity index (χ4v) is 3.34. The molecule has 2 aromatic carbocycles. The number of hydrogen-bond donors (Lipinski definition) is 1. The van der Waals surface area contributed by atoms with E-state index in [1.807, 2.05) is 35.8 Å². The molecule has 3 aromatic rings. The van der Waals surface area contributed by atoms with Crippen LogP contribution in [0.25, 0.3) is 22.0 Å². The van der Waals surface area contributed by atoms with Gasteiger partial charge in [-0.15, -0.1) is 0 Å². The first kappa shape index (κ1) is 14.0. The molecule has 23 heavy (non-hydrogen) atoms. The number of rotatable bonds is 1. The Morgan fingerprint density at radius 2 is 1.91 bits per heavy atom. The van der Waals surface area contributed by atoms with E-state index < -0.39 is 0 Å². The Hall–Kier alpha value is -2.62. The summed E-state index contributed by atoms with van der Waals surface area (Å²) in [5.74, 6) is -0.390. The van der Waals surface area contributed by atoms with Gasteiger partial charge in [-0.25, -0.2) is 4.39 Å². The second-order valence-electron chi connectivity index (χ2n) is 6.22. The number of carbonyl (C=O) groups is 1. The van der Waals surface area contributed by atoms with Gasteiger partial charge in [0.05, 0.1) is 5.52 Å². The van der Waals surface area contributed by atoms with Crippen LogP contribution in [0.5, 0.6) is 0 Å². The smallest absolute Gasteiger partial charge is 0.268 e. The molecular weight excluding hydrogens is 291 g/mol. The lowest BCUT2D eigenvalue weighted by molar-refractivity contribution is 0.0919. The number of fused-ring (bicyclic) bond motifs is 3. The summed E-state index contributed by atoms with van der Waals surface area (Å²) in [6, 6.07) is 13.0. The molecule has 0 unspecified atom stereocenters. The summed E-state index contributed by atoms with van der Waals surface area (Å²) >= 11 is 0. The number of nitrogens with one attached hydrogen (secondary N) is 1. The number of aryl methyl sites for hydroxylation is 1. The first-order valence-electron chi connectivity index (χ1n) is 7.74. The fourth-order valence-electron chi connectivity index (χ4n) is 3.34. The highest BCUT2D eigenvalue weighted by atomic mass is 19.1. The van der Waals surface area contributed by atoms with Crippen molar-refractivity contribution in [3.8, 4) is 11.1 Å². The van der Waals surface area contributed by atoms with Crippen LogP contribution in [0.4, 0.5) is 4.39 Å². The van der Waals surface area contributed by atoms with Crippen molar-refractivity contribution in [1.82, 2.24) is 9.88 Å². The molecule has 1 N–H and O–H groups in total. The zero-order valence-corrected chi connectivity index (χ0v) is 13.1. The third-order valence-electron chi connectivity index (χ3n) is 4.49. The zero-order valence-electron chi connectivity index (χ0n) is 13.1. The number of aromatic nitrogens is 1. The molecule has 4 heteroatoms. The summed E-state index contributed by atoms with van der Waals surface area (Å²) in [4.78, 5) is 12.2. The molecule has 1 aromatic heterocycles. The highest BCUT2D eigenvalue weighted by Crippen LogP contribution is 2.35. The average molecular weight is 308 g/mol. The van der Waals surface area contributed by atoms with Crippen LogP contribution in [0.15, 0.2) is 42.5 Å². The van der Waals surface area contributed by atoms with E-state index >= 15 is 0 Å². The van der Waals surface area contributed by atoms with E-state index in [0.29, 0.717) is 12.2 Å². The molecule has 0 aliphatic carbocycles. The van der Waals surface area contributed by atoms with Crippen LogP contribution < -0.4 is 5.32 Å². The van der Waals surface area contributed by atoms with E-state index in [9.17, 15) is 9.18 Å². The van der Waals surface area contributed by atoms with Gasteiger partial charge >= 0.3 is 0 Å². The molecule has 0 radical (unpaired) electrons. The second-order valence-corrected chi connectivity index (χ2v) is 6.22. The third-order valence-corrected chi connectivity index (χ3v) is 4.49. The topological polar surface area (TPSA) is 34.0 Å². The first-order valence-corrected chi connectivity index (χ1v) is 7.74. The van der Waals surface area contributed by atoms with Gasteiger partial charge in [-0.05, 0) is 37.6 Å². The number of carbonyl (C=O) groups excluding carboxylic acids is 1. The van der Waals surface area contributed by atoms with Gasteiger partial charge in [-0.2, -0.15) is 0 Å². The SMILES string of the molecule is Cc1ccc(-c2cc(F)cc3cc4n(c23)[C@H](C)CNC4=O)cc1. The minimum absolute atomic E-state index is 0.102. The van der Waals surface area contributed by atoms with E-state index in [-0.39, 0.29) is 17.8 Å². The normalized spacial score (nSPS) is 17.2. The van der Waals surface area contributed by atoms with Gasteiger partial charge in [-0.1, -0.05) is 29.8 Å². The van der Waals surface area contributed by atoms with Crippen molar-refractivity contribution >= 4 is 16.8 Å². The Bertz CT molecular complexity index is 925. The maximum atomic E-state index is 14.1. The van der Waals surface area contributed by atoms with E-state index in [0.717, 1.165) is 27.6 Å². The maximum absolute atomic E-state index is 14.1. The van der Waals surface area contributed by atoms with Crippen LogP contribution in [-0.2, 0) is 0 Å². The van der Waals surface area contributed by atoms with Gasteiger partial charge in [0.25, 0.3) is 5.91 Å². The van der Waals surface area contributed by atoms with Crippen molar-refractivity contribution in [1.29, 1.82) is 0 Å². The Kier molecular flexibility index (Phi) is 3.01. The van der Waals surface area contributed by atoms with Crippen molar-refractivity contribution in [2.24, 2.45) is 0 Å². The van der Waals surface area contributed by atoms with Crippen LogP contribution in [-0.4, -0.2) is 17.0 Å². The van der Waals surface area contributed by atoms with Gasteiger partial charge in [-0.3, -0.25) is 4.79 Å². The molecule has 0 saturated heterocycles. The molecule has 1 amide bonds. The molecule has 3 nitrogen and oxygen atoms in total. The van der Waals surface area contributed by atoms with Gasteiger partial charge in [0.1, 0.15) is 11.5 Å². The number of hydrogen-bond acceptors (Lipinski definition) is 1. The predicted molar refractivity (Wildman–Crippen MR) is 89.1 cm³/mol. The molecule has 0 spiro atoms. The van der Waals surface area contributed by atoms with E-state index in [2.05, 4.69) is 12.2 Å². The fraction of sp³-hybridized carbons (Fsp3) is 0.211. The minimum atomic E-state index is -0.288. The standard InChI is InChI=1S/C19H17FN2O/c1-11-3-5-13(6-4-11)16-9-15(20)7-14-8-17-19(23)21-10-12(2)22(17)18(14)16/h3-9,12H,10H2,1-2H3,(H,21,23)/t12-/m1/s1. The molecule has 2 heterocycles. The summed E-state index contributed by atoms with van der Waals surface area (Å²) < 4.78 is 16.1. The lowest BCUT2D eigenvalue weighted by Crippen LogP contribution is -2.37. The molecular formula is C19H17FN2O. The monoisotopic (exact) mass is 308 g/mol. The summed E-state index contributed by atoms with van der Waals surface area (Å²) in [5.41, 5.74) is 4.46. The van der Waals surface area contributed by atoms with Crippen LogP contribution in [0, 0.1) is 12.7 Å². The van der Waals surface area contributed by atoms with Gasteiger partial charge in [0.15, 0.2) is 0 Å². The van der Waals surface area contributed by atoms with Crippen LogP contribution in [0.1, 0.15) is 29.0 Å². The zero-order chi connectivity index (χ0) is 16.1. The number of halogens is 1. The van der Waals surface area contributed by atoms with Crippen molar-refractivity contribution in [3.05, 3.63) is 59.5 Å².